The van der Waals surface area contributed by atoms with Gasteiger partial charge in [0.1, 0.15) is 5.82 Å². The first-order chi connectivity index (χ1) is 8.90. The van der Waals surface area contributed by atoms with E-state index in [9.17, 15) is 17.6 Å². The quantitative estimate of drug-likeness (QED) is 0.633. The largest absolute Gasteiger partial charge is 0.416 e. The first kappa shape index (κ1) is 15.5. The first-order valence-electron chi connectivity index (χ1n) is 5.93. The Morgan fingerprint density at radius 3 is 2.58 bits per heavy atom. The summed E-state index contributed by atoms with van der Waals surface area (Å²) >= 11 is 0. The van der Waals surface area contributed by atoms with E-state index in [1.54, 1.807) is 6.92 Å². The summed E-state index contributed by atoms with van der Waals surface area (Å²) in [5, 5.41) is 2.95. The minimum absolute atomic E-state index is 0.00641. The van der Waals surface area contributed by atoms with Gasteiger partial charge in [0.25, 0.3) is 0 Å². The Labute approximate surface area is 110 Å². The average Bonchev–Trinajstić information content (AvgIpc) is 2.34. The van der Waals surface area contributed by atoms with Crippen LogP contribution < -0.4 is 5.32 Å². The van der Waals surface area contributed by atoms with E-state index >= 15 is 0 Å². The molecule has 1 aromatic rings. The van der Waals surface area contributed by atoms with Crippen molar-refractivity contribution in [2.75, 3.05) is 6.54 Å². The highest BCUT2D eigenvalue weighted by Crippen LogP contribution is 2.32. The molecule has 0 saturated heterocycles. The van der Waals surface area contributed by atoms with Gasteiger partial charge in [-0.15, -0.1) is 12.3 Å². The second kappa shape index (κ2) is 6.58. The Hall–Kier alpha value is -1.54. The van der Waals surface area contributed by atoms with Crippen LogP contribution in [-0.4, -0.2) is 6.54 Å². The Morgan fingerprint density at radius 2 is 2.05 bits per heavy atom. The van der Waals surface area contributed by atoms with E-state index < -0.39 is 23.6 Å². The molecule has 1 nitrogen and oxygen atoms in total. The minimum Gasteiger partial charge on any atom is -0.310 e. The van der Waals surface area contributed by atoms with Crippen LogP contribution in [0.3, 0.4) is 0 Å². The van der Waals surface area contributed by atoms with Crippen LogP contribution in [0.15, 0.2) is 18.2 Å². The maximum Gasteiger partial charge on any atom is 0.416 e. The van der Waals surface area contributed by atoms with Crippen LogP contribution in [0.4, 0.5) is 17.6 Å². The predicted octanol–water partition coefficient (Wildman–Crippen LogP) is 3.91. The number of hydrogen-bond donors (Lipinski definition) is 1. The van der Waals surface area contributed by atoms with Crippen LogP contribution >= 0.6 is 0 Å². The second-order valence-corrected chi connectivity index (χ2v) is 4.09. The van der Waals surface area contributed by atoms with Crippen LogP contribution in [0, 0.1) is 18.2 Å². The smallest absolute Gasteiger partial charge is 0.310 e. The lowest BCUT2D eigenvalue weighted by Gasteiger charge is -2.19. The fraction of sp³-hybridized carbons (Fsp3) is 0.429. The van der Waals surface area contributed by atoms with Crippen molar-refractivity contribution in [3.63, 3.8) is 0 Å². The van der Waals surface area contributed by atoms with Gasteiger partial charge in [-0.05, 0) is 31.2 Å². The molecule has 5 heteroatoms. The van der Waals surface area contributed by atoms with Gasteiger partial charge in [-0.2, -0.15) is 13.2 Å². The zero-order valence-electron chi connectivity index (χ0n) is 10.5. The van der Waals surface area contributed by atoms with Crippen LogP contribution in [-0.2, 0) is 6.18 Å². The molecule has 1 N–H and O–H groups in total. The van der Waals surface area contributed by atoms with Crippen molar-refractivity contribution in [3.05, 3.63) is 35.1 Å². The first-order valence-corrected chi connectivity index (χ1v) is 5.93. The molecule has 0 fully saturated rings. The van der Waals surface area contributed by atoms with Crippen molar-refractivity contribution in [1.82, 2.24) is 5.32 Å². The zero-order valence-corrected chi connectivity index (χ0v) is 10.5. The molecule has 0 amide bonds. The molecule has 0 aromatic heterocycles. The summed E-state index contributed by atoms with van der Waals surface area (Å²) in [5.41, 5.74) is -0.848. The second-order valence-electron chi connectivity index (χ2n) is 4.09. The summed E-state index contributed by atoms with van der Waals surface area (Å²) in [6.45, 7) is 2.32. The van der Waals surface area contributed by atoms with Crippen LogP contribution in [0.25, 0.3) is 0 Å². The summed E-state index contributed by atoms with van der Waals surface area (Å²) in [4.78, 5) is 0. The van der Waals surface area contributed by atoms with Gasteiger partial charge in [-0.3, -0.25) is 0 Å². The predicted molar refractivity (Wildman–Crippen MR) is 65.9 cm³/mol. The summed E-state index contributed by atoms with van der Waals surface area (Å²) in [6.07, 6.45) is 1.42. The molecule has 104 valence electrons. The zero-order chi connectivity index (χ0) is 14.5. The third-order valence-electron chi connectivity index (χ3n) is 2.73. The normalized spacial score (nSPS) is 13.1. The van der Waals surface area contributed by atoms with Crippen molar-refractivity contribution in [2.24, 2.45) is 0 Å². The van der Waals surface area contributed by atoms with Gasteiger partial charge in [0, 0.05) is 18.0 Å². The van der Waals surface area contributed by atoms with Gasteiger partial charge in [-0.1, -0.05) is 6.92 Å². The maximum atomic E-state index is 13.7. The Balaban J connectivity index is 3.10. The number of alkyl halides is 3. The van der Waals surface area contributed by atoms with E-state index in [0.29, 0.717) is 19.4 Å². The molecular weight excluding hydrogens is 258 g/mol. The van der Waals surface area contributed by atoms with Crippen molar-refractivity contribution in [1.29, 1.82) is 0 Å². The van der Waals surface area contributed by atoms with Gasteiger partial charge in [0.15, 0.2) is 0 Å². The molecule has 0 heterocycles. The van der Waals surface area contributed by atoms with E-state index in [1.807, 2.05) is 0 Å². The lowest BCUT2D eigenvalue weighted by Crippen LogP contribution is -2.22. The summed E-state index contributed by atoms with van der Waals surface area (Å²) < 4.78 is 51.6. The average molecular weight is 273 g/mol. The molecule has 0 aliphatic heterocycles. The molecule has 1 atom stereocenters. The van der Waals surface area contributed by atoms with Crippen molar-refractivity contribution in [3.8, 4) is 12.3 Å². The van der Waals surface area contributed by atoms with Gasteiger partial charge in [0.2, 0.25) is 0 Å². The van der Waals surface area contributed by atoms with Crippen molar-refractivity contribution >= 4 is 0 Å². The Bertz CT molecular complexity index is 459. The molecule has 0 spiro atoms. The van der Waals surface area contributed by atoms with Crippen LogP contribution in [0.5, 0.6) is 0 Å². The molecule has 0 saturated carbocycles. The highest BCUT2D eigenvalue weighted by molar-refractivity contribution is 5.29. The van der Waals surface area contributed by atoms with E-state index in [4.69, 9.17) is 6.42 Å². The molecule has 0 bridgehead atoms. The SMILES string of the molecule is C#CCCC(NCC)c1cc(C(F)(F)F)ccc1F. The topological polar surface area (TPSA) is 12.0 Å². The van der Waals surface area contributed by atoms with E-state index in [0.717, 1.165) is 18.2 Å². The number of nitrogens with one attached hydrogen (secondary N) is 1. The highest BCUT2D eigenvalue weighted by Gasteiger charge is 2.31. The fourth-order valence-corrected chi connectivity index (χ4v) is 1.83. The van der Waals surface area contributed by atoms with Crippen molar-refractivity contribution in [2.45, 2.75) is 32.0 Å². The number of halogens is 4. The monoisotopic (exact) mass is 273 g/mol. The lowest BCUT2D eigenvalue weighted by molar-refractivity contribution is -0.137. The van der Waals surface area contributed by atoms with E-state index in [1.165, 1.54) is 0 Å². The van der Waals surface area contributed by atoms with E-state index in [2.05, 4.69) is 11.2 Å². The molecule has 1 rings (SSSR count). The van der Waals surface area contributed by atoms with Crippen LogP contribution in [0.1, 0.15) is 36.9 Å². The fourth-order valence-electron chi connectivity index (χ4n) is 1.83. The van der Waals surface area contributed by atoms with Crippen LogP contribution in [0.2, 0.25) is 0 Å². The third-order valence-corrected chi connectivity index (χ3v) is 2.73. The Morgan fingerprint density at radius 1 is 1.37 bits per heavy atom. The minimum atomic E-state index is -4.48. The maximum absolute atomic E-state index is 13.7. The number of terminal acetylenes is 1. The molecule has 0 aliphatic carbocycles. The van der Waals surface area contributed by atoms with Gasteiger partial charge in [0.05, 0.1) is 5.56 Å². The van der Waals surface area contributed by atoms with Gasteiger partial charge >= 0.3 is 6.18 Å². The summed E-state index contributed by atoms with van der Waals surface area (Å²) in [7, 11) is 0. The lowest BCUT2D eigenvalue weighted by atomic mass is 9.99. The molecule has 1 unspecified atom stereocenters. The number of rotatable bonds is 5. The molecule has 0 radical (unpaired) electrons. The van der Waals surface area contributed by atoms with Gasteiger partial charge in [-0.25, -0.2) is 4.39 Å². The van der Waals surface area contributed by atoms with Crippen molar-refractivity contribution < 1.29 is 17.6 Å². The third kappa shape index (κ3) is 4.25. The summed E-state index contributed by atoms with van der Waals surface area (Å²) in [6, 6.07) is 1.92. The number of hydrogen-bond acceptors (Lipinski definition) is 1. The highest BCUT2D eigenvalue weighted by atomic mass is 19.4. The molecule has 1 aromatic carbocycles. The van der Waals surface area contributed by atoms with E-state index in [-0.39, 0.29) is 5.56 Å². The standard InChI is InChI=1S/C14H15F4N/c1-3-5-6-13(19-4-2)11-9-10(14(16,17)18)7-8-12(11)15/h1,7-9,13,19H,4-6H2,2H3. The summed E-state index contributed by atoms with van der Waals surface area (Å²) in [5.74, 6) is 1.75. The molecule has 0 aliphatic rings. The van der Waals surface area contributed by atoms with Gasteiger partial charge < -0.3 is 5.32 Å². The molecule has 19 heavy (non-hydrogen) atoms. The Kier molecular flexibility index (Phi) is 5.37. The number of benzene rings is 1. The molecular formula is C14H15F4N.